The van der Waals surface area contributed by atoms with Gasteiger partial charge in [-0.25, -0.2) is 0 Å². The lowest BCUT2D eigenvalue weighted by molar-refractivity contribution is 0.669. The number of furan rings is 1. The summed E-state index contributed by atoms with van der Waals surface area (Å²) in [6.45, 7) is 0. The highest BCUT2D eigenvalue weighted by atomic mass is 16.3. The van der Waals surface area contributed by atoms with Crippen molar-refractivity contribution in [2.24, 2.45) is 0 Å². The van der Waals surface area contributed by atoms with Gasteiger partial charge in [-0.3, -0.25) is 0 Å². The summed E-state index contributed by atoms with van der Waals surface area (Å²) in [6, 6.07) is 82.9. The topological polar surface area (TPSA) is 21.3 Å². The molecule has 61 heavy (non-hydrogen) atoms. The van der Waals surface area contributed by atoms with E-state index in [2.05, 4.69) is 228 Å². The van der Waals surface area contributed by atoms with Gasteiger partial charge in [0.05, 0.1) is 16.7 Å². The number of nitrogens with zero attached hydrogens (tertiary/aromatic N) is 2. The molecule has 0 bridgehead atoms. The van der Waals surface area contributed by atoms with Crippen LogP contribution in [0.5, 0.6) is 0 Å². The van der Waals surface area contributed by atoms with Crippen molar-refractivity contribution in [3.05, 3.63) is 231 Å². The van der Waals surface area contributed by atoms with Gasteiger partial charge < -0.3 is 13.9 Å². The third kappa shape index (κ3) is 5.98. The van der Waals surface area contributed by atoms with Crippen LogP contribution in [0.3, 0.4) is 0 Å². The fourth-order valence-electron chi connectivity index (χ4n) is 9.21. The van der Waals surface area contributed by atoms with Crippen molar-refractivity contribution in [2.75, 3.05) is 4.90 Å². The maximum Gasteiger partial charge on any atom is 0.135 e. The number of hydrogen-bond acceptors (Lipinski definition) is 2. The molecule has 2 aromatic heterocycles. The van der Waals surface area contributed by atoms with Gasteiger partial charge in [0.1, 0.15) is 11.2 Å². The summed E-state index contributed by atoms with van der Waals surface area (Å²) in [6.07, 6.45) is 0. The lowest BCUT2D eigenvalue weighted by Gasteiger charge is -2.26. The summed E-state index contributed by atoms with van der Waals surface area (Å²) in [5.74, 6) is 0. The molecule has 0 saturated heterocycles. The van der Waals surface area contributed by atoms with Gasteiger partial charge in [-0.2, -0.15) is 0 Å². The van der Waals surface area contributed by atoms with Crippen molar-refractivity contribution in [1.29, 1.82) is 0 Å². The summed E-state index contributed by atoms with van der Waals surface area (Å²) >= 11 is 0. The van der Waals surface area contributed by atoms with Crippen LogP contribution < -0.4 is 4.90 Å². The lowest BCUT2D eigenvalue weighted by Crippen LogP contribution is -2.09. The van der Waals surface area contributed by atoms with Gasteiger partial charge in [0.2, 0.25) is 0 Å². The summed E-state index contributed by atoms with van der Waals surface area (Å²) < 4.78 is 8.67. The van der Waals surface area contributed by atoms with Crippen LogP contribution >= 0.6 is 0 Å². The van der Waals surface area contributed by atoms with E-state index in [1.807, 2.05) is 12.1 Å². The molecule has 0 atom stereocenters. The molecular weight excluding hydrogens is 741 g/mol. The Morgan fingerprint density at radius 3 is 1.54 bits per heavy atom. The standard InChI is InChI=1S/C58H38N2O/c1-2-11-39(12-3-1)40-21-23-41(24-22-40)42-25-30-46(31-26-42)59(48-34-36-58-53(38-48)51-17-7-9-20-57(51)61-58)47-32-27-43(28-33-47)45-29-35-56-52(37-45)50-16-6-8-18-55(50)60(56)54-19-10-14-44-13-4-5-15-49(44)54/h1-38H. The largest absolute Gasteiger partial charge is 0.456 e. The van der Waals surface area contributed by atoms with Gasteiger partial charge in [-0.05, 0) is 112 Å². The molecule has 10 aromatic carbocycles. The van der Waals surface area contributed by atoms with E-state index in [4.69, 9.17) is 4.42 Å². The molecule has 0 spiro atoms. The van der Waals surface area contributed by atoms with Crippen LogP contribution in [-0.2, 0) is 0 Å². The first-order chi connectivity index (χ1) is 30.2. The number of fused-ring (bicyclic) bond motifs is 7. The highest BCUT2D eigenvalue weighted by Crippen LogP contribution is 2.41. The minimum absolute atomic E-state index is 0.881. The minimum Gasteiger partial charge on any atom is -0.456 e. The SMILES string of the molecule is c1ccc(-c2ccc(-c3ccc(N(c4ccc(-c5ccc6c(c5)c5ccccc5n6-c5cccc6ccccc56)cc4)c4ccc5oc6ccccc6c5c4)cc3)cc2)cc1. The highest BCUT2D eigenvalue weighted by Gasteiger charge is 2.18. The fraction of sp³-hybridized carbons (Fsp3) is 0. The van der Waals surface area contributed by atoms with Crippen LogP contribution in [0.1, 0.15) is 0 Å². The molecule has 0 radical (unpaired) electrons. The Bertz CT molecular complexity index is 3560. The molecule has 3 heteroatoms. The van der Waals surface area contributed by atoms with Crippen LogP contribution in [0.4, 0.5) is 17.1 Å². The van der Waals surface area contributed by atoms with E-state index < -0.39 is 0 Å². The average molecular weight is 779 g/mol. The molecule has 2 heterocycles. The predicted molar refractivity (Wildman–Crippen MR) is 257 cm³/mol. The molecule has 3 nitrogen and oxygen atoms in total. The zero-order valence-electron chi connectivity index (χ0n) is 33.2. The van der Waals surface area contributed by atoms with E-state index in [1.165, 1.54) is 66.1 Å². The van der Waals surface area contributed by atoms with Crippen LogP contribution in [0.15, 0.2) is 235 Å². The Hall–Kier alpha value is -8.14. The fourth-order valence-corrected chi connectivity index (χ4v) is 9.21. The molecule has 0 aliphatic carbocycles. The van der Waals surface area contributed by atoms with Crippen molar-refractivity contribution in [3.8, 4) is 39.1 Å². The van der Waals surface area contributed by atoms with Crippen molar-refractivity contribution < 1.29 is 4.42 Å². The average Bonchev–Trinajstić information content (AvgIpc) is 3.87. The van der Waals surface area contributed by atoms with E-state index >= 15 is 0 Å². The molecule has 0 unspecified atom stereocenters. The van der Waals surface area contributed by atoms with E-state index in [1.54, 1.807) is 0 Å². The number of benzene rings is 10. The Labute approximate surface area is 353 Å². The number of aromatic nitrogens is 1. The molecule has 12 aromatic rings. The Kier molecular flexibility index (Phi) is 8.17. The van der Waals surface area contributed by atoms with E-state index in [0.717, 1.165) is 44.6 Å². The number of hydrogen-bond donors (Lipinski definition) is 0. The molecule has 12 rings (SSSR count). The first-order valence-electron chi connectivity index (χ1n) is 20.8. The summed E-state index contributed by atoms with van der Waals surface area (Å²) in [5, 5.41) is 7.17. The maximum absolute atomic E-state index is 6.25. The number of para-hydroxylation sites is 2. The Balaban J connectivity index is 0.935. The number of anilines is 3. The quantitative estimate of drug-likeness (QED) is 0.161. The van der Waals surface area contributed by atoms with Crippen molar-refractivity contribution in [2.45, 2.75) is 0 Å². The van der Waals surface area contributed by atoms with Gasteiger partial charge >= 0.3 is 0 Å². The zero-order chi connectivity index (χ0) is 40.3. The van der Waals surface area contributed by atoms with Crippen molar-refractivity contribution in [3.63, 3.8) is 0 Å². The summed E-state index contributed by atoms with van der Waals surface area (Å²) in [5.41, 5.74) is 15.7. The molecule has 0 aliphatic rings. The Morgan fingerprint density at radius 1 is 0.295 bits per heavy atom. The molecule has 0 fully saturated rings. The van der Waals surface area contributed by atoms with Crippen molar-refractivity contribution >= 4 is 71.6 Å². The normalized spacial score (nSPS) is 11.6. The second kappa shape index (κ2) is 14.3. The lowest BCUT2D eigenvalue weighted by atomic mass is 10.00. The molecular formula is C58H38N2O. The first-order valence-corrected chi connectivity index (χ1v) is 20.8. The van der Waals surface area contributed by atoms with Crippen LogP contribution in [-0.4, -0.2) is 4.57 Å². The summed E-state index contributed by atoms with van der Waals surface area (Å²) in [7, 11) is 0. The number of rotatable bonds is 7. The monoisotopic (exact) mass is 778 g/mol. The van der Waals surface area contributed by atoms with Gasteiger partial charge in [-0.15, -0.1) is 0 Å². The van der Waals surface area contributed by atoms with Gasteiger partial charge in [0.25, 0.3) is 0 Å². The maximum atomic E-state index is 6.25. The van der Waals surface area contributed by atoms with Crippen LogP contribution in [0, 0.1) is 0 Å². The van der Waals surface area contributed by atoms with Crippen LogP contribution in [0.2, 0.25) is 0 Å². The zero-order valence-corrected chi connectivity index (χ0v) is 33.2. The third-order valence-electron chi connectivity index (χ3n) is 12.2. The van der Waals surface area contributed by atoms with Gasteiger partial charge in [0, 0.05) is 44.0 Å². The second-order valence-electron chi connectivity index (χ2n) is 15.7. The molecule has 0 amide bonds. The summed E-state index contributed by atoms with van der Waals surface area (Å²) in [4.78, 5) is 2.34. The van der Waals surface area contributed by atoms with E-state index in [-0.39, 0.29) is 0 Å². The van der Waals surface area contributed by atoms with Gasteiger partial charge in [-0.1, -0.05) is 158 Å². The molecule has 0 N–H and O–H groups in total. The van der Waals surface area contributed by atoms with Crippen molar-refractivity contribution in [1.82, 2.24) is 4.57 Å². The molecule has 0 saturated carbocycles. The second-order valence-corrected chi connectivity index (χ2v) is 15.7. The van der Waals surface area contributed by atoms with Crippen LogP contribution in [0.25, 0.3) is 93.6 Å². The minimum atomic E-state index is 0.881. The molecule has 286 valence electrons. The Morgan fingerprint density at radius 2 is 0.803 bits per heavy atom. The third-order valence-corrected chi connectivity index (χ3v) is 12.2. The first kappa shape index (κ1) is 34.9. The predicted octanol–water partition coefficient (Wildman–Crippen LogP) is 16.3. The molecule has 0 aliphatic heterocycles. The van der Waals surface area contributed by atoms with E-state index in [9.17, 15) is 0 Å². The smallest absolute Gasteiger partial charge is 0.135 e. The highest BCUT2D eigenvalue weighted by molar-refractivity contribution is 6.12. The van der Waals surface area contributed by atoms with Gasteiger partial charge in [0.15, 0.2) is 0 Å². The van der Waals surface area contributed by atoms with E-state index in [0.29, 0.717) is 0 Å².